The van der Waals surface area contributed by atoms with E-state index in [9.17, 15) is 4.79 Å². The fraction of sp³-hybridized carbons (Fsp3) is 0.231. The molecular weight excluding hydrogens is 326 g/mol. The Morgan fingerprint density at radius 1 is 1.58 bits per heavy atom. The summed E-state index contributed by atoms with van der Waals surface area (Å²) in [7, 11) is 0. The SMILES string of the molecule is CCC(NC(=O)c1ccc(Br)c(N)c1)c1nccs1. The van der Waals surface area contributed by atoms with E-state index in [2.05, 4.69) is 26.2 Å². The summed E-state index contributed by atoms with van der Waals surface area (Å²) in [6.07, 6.45) is 2.54. The van der Waals surface area contributed by atoms with Crippen LogP contribution in [0.1, 0.15) is 34.8 Å². The van der Waals surface area contributed by atoms with Crippen LogP contribution in [-0.4, -0.2) is 10.9 Å². The quantitative estimate of drug-likeness (QED) is 0.839. The normalized spacial score (nSPS) is 12.1. The molecule has 0 saturated heterocycles. The van der Waals surface area contributed by atoms with E-state index < -0.39 is 0 Å². The summed E-state index contributed by atoms with van der Waals surface area (Å²) in [6.45, 7) is 2.02. The fourth-order valence-corrected chi connectivity index (χ4v) is 2.69. The van der Waals surface area contributed by atoms with E-state index in [4.69, 9.17) is 5.73 Å². The molecule has 0 radical (unpaired) electrons. The van der Waals surface area contributed by atoms with E-state index in [0.717, 1.165) is 15.9 Å². The molecule has 1 aromatic carbocycles. The van der Waals surface area contributed by atoms with Gasteiger partial charge in [0.15, 0.2) is 0 Å². The molecule has 2 aromatic rings. The minimum absolute atomic E-state index is 0.0580. The number of anilines is 1. The van der Waals surface area contributed by atoms with Crippen molar-refractivity contribution in [3.05, 3.63) is 44.8 Å². The van der Waals surface area contributed by atoms with Crippen molar-refractivity contribution in [3.8, 4) is 0 Å². The third kappa shape index (κ3) is 3.33. The molecule has 0 aliphatic rings. The zero-order chi connectivity index (χ0) is 13.8. The third-order valence-electron chi connectivity index (χ3n) is 2.72. The van der Waals surface area contributed by atoms with Crippen molar-refractivity contribution in [1.29, 1.82) is 0 Å². The summed E-state index contributed by atoms with van der Waals surface area (Å²) in [4.78, 5) is 16.4. The van der Waals surface area contributed by atoms with Crippen LogP contribution in [0, 0.1) is 0 Å². The topological polar surface area (TPSA) is 68.0 Å². The average molecular weight is 340 g/mol. The Kier molecular flexibility index (Phi) is 4.55. The van der Waals surface area contributed by atoms with Gasteiger partial charge in [0, 0.05) is 27.3 Å². The van der Waals surface area contributed by atoms with Gasteiger partial charge in [-0.05, 0) is 40.5 Å². The number of nitrogens with one attached hydrogen (secondary N) is 1. The van der Waals surface area contributed by atoms with E-state index in [-0.39, 0.29) is 11.9 Å². The number of benzene rings is 1. The predicted molar refractivity (Wildman–Crippen MR) is 81.2 cm³/mol. The summed E-state index contributed by atoms with van der Waals surface area (Å²) in [5.74, 6) is -0.138. The molecule has 0 aliphatic heterocycles. The summed E-state index contributed by atoms with van der Waals surface area (Å²) in [5.41, 5.74) is 6.88. The number of thiazole rings is 1. The van der Waals surface area contributed by atoms with Gasteiger partial charge < -0.3 is 11.1 Å². The van der Waals surface area contributed by atoms with Crippen LogP contribution >= 0.6 is 27.3 Å². The molecule has 1 unspecified atom stereocenters. The minimum Gasteiger partial charge on any atom is -0.398 e. The number of amides is 1. The van der Waals surface area contributed by atoms with E-state index in [1.54, 1.807) is 35.7 Å². The summed E-state index contributed by atoms with van der Waals surface area (Å²) < 4.78 is 0.788. The van der Waals surface area contributed by atoms with Gasteiger partial charge in [0.2, 0.25) is 0 Å². The van der Waals surface area contributed by atoms with Crippen LogP contribution < -0.4 is 11.1 Å². The highest BCUT2D eigenvalue weighted by Gasteiger charge is 2.16. The lowest BCUT2D eigenvalue weighted by Crippen LogP contribution is -2.28. The van der Waals surface area contributed by atoms with Gasteiger partial charge in [-0.25, -0.2) is 4.98 Å². The second-order valence-corrected chi connectivity index (χ2v) is 5.82. The van der Waals surface area contributed by atoms with Crippen LogP contribution in [0.5, 0.6) is 0 Å². The Balaban J connectivity index is 2.13. The zero-order valence-electron chi connectivity index (χ0n) is 10.4. The maximum atomic E-state index is 12.2. The minimum atomic E-state index is -0.138. The van der Waals surface area contributed by atoms with Crippen molar-refractivity contribution >= 4 is 38.9 Å². The second kappa shape index (κ2) is 6.16. The molecule has 6 heteroatoms. The highest BCUT2D eigenvalue weighted by Crippen LogP contribution is 2.22. The third-order valence-corrected chi connectivity index (χ3v) is 4.33. The molecule has 0 bridgehead atoms. The van der Waals surface area contributed by atoms with E-state index in [1.807, 2.05) is 12.3 Å². The van der Waals surface area contributed by atoms with Crippen molar-refractivity contribution in [2.45, 2.75) is 19.4 Å². The van der Waals surface area contributed by atoms with E-state index in [0.29, 0.717) is 11.3 Å². The number of nitrogen functional groups attached to an aromatic ring is 1. The smallest absolute Gasteiger partial charge is 0.251 e. The number of carbonyl (C=O) groups is 1. The second-order valence-electron chi connectivity index (χ2n) is 4.04. The number of rotatable bonds is 4. The first kappa shape index (κ1) is 14.0. The molecule has 4 nitrogen and oxygen atoms in total. The van der Waals surface area contributed by atoms with Gasteiger partial charge in [-0.2, -0.15) is 0 Å². The number of carbonyl (C=O) groups excluding carboxylic acids is 1. The summed E-state index contributed by atoms with van der Waals surface area (Å²) in [5, 5.41) is 5.79. The Morgan fingerprint density at radius 3 is 2.95 bits per heavy atom. The Bertz CT molecular complexity index is 571. The monoisotopic (exact) mass is 339 g/mol. The van der Waals surface area contributed by atoms with Gasteiger partial charge in [-0.3, -0.25) is 4.79 Å². The Hall–Kier alpha value is -1.40. The molecule has 2 rings (SSSR count). The Morgan fingerprint density at radius 2 is 2.37 bits per heavy atom. The molecule has 3 N–H and O–H groups in total. The summed E-state index contributed by atoms with van der Waals surface area (Å²) in [6, 6.07) is 5.12. The summed E-state index contributed by atoms with van der Waals surface area (Å²) >= 11 is 4.85. The first-order valence-corrected chi connectivity index (χ1v) is 7.54. The van der Waals surface area contributed by atoms with Gasteiger partial charge in [-0.15, -0.1) is 11.3 Å². The fourth-order valence-electron chi connectivity index (χ4n) is 1.67. The van der Waals surface area contributed by atoms with Crippen LogP contribution in [0.3, 0.4) is 0 Å². The van der Waals surface area contributed by atoms with Crippen LogP contribution in [0.15, 0.2) is 34.2 Å². The van der Waals surface area contributed by atoms with Crippen molar-refractivity contribution in [2.24, 2.45) is 0 Å². The van der Waals surface area contributed by atoms with Gasteiger partial charge in [0.05, 0.1) is 6.04 Å². The zero-order valence-corrected chi connectivity index (χ0v) is 12.8. The first-order valence-electron chi connectivity index (χ1n) is 5.87. The van der Waals surface area contributed by atoms with Crippen molar-refractivity contribution in [1.82, 2.24) is 10.3 Å². The molecule has 1 aromatic heterocycles. The van der Waals surface area contributed by atoms with Crippen LogP contribution in [0.25, 0.3) is 0 Å². The van der Waals surface area contributed by atoms with E-state index >= 15 is 0 Å². The molecule has 100 valence electrons. The molecule has 0 saturated carbocycles. The lowest BCUT2D eigenvalue weighted by atomic mass is 10.1. The molecular formula is C13H14BrN3OS. The number of nitrogens with two attached hydrogens (primary N) is 1. The maximum absolute atomic E-state index is 12.2. The first-order chi connectivity index (χ1) is 9.11. The number of hydrogen-bond acceptors (Lipinski definition) is 4. The number of hydrogen-bond donors (Lipinski definition) is 2. The van der Waals surface area contributed by atoms with Crippen molar-refractivity contribution in [3.63, 3.8) is 0 Å². The van der Waals surface area contributed by atoms with Crippen molar-refractivity contribution in [2.75, 3.05) is 5.73 Å². The molecule has 0 fully saturated rings. The molecule has 1 atom stereocenters. The number of nitrogens with zero attached hydrogens (tertiary/aromatic N) is 1. The van der Waals surface area contributed by atoms with Gasteiger partial charge in [-0.1, -0.05) is 6.92 Å². The molecule has 19 heavy (non-hydrogen) atoms. The highest BCUT2D eigenvalue weighted by atomic mass is 79.9. The lowest BCUT2D eigenvalue weighted by molar-refractivity contribution is 0.0935. The number of halogens is 1. The van der Waals surface area contributed by atoms with Crippen LogP contribution in [0.4, 0.5) is 5.69 Å². The molecule has 0 aliphatic carbocycles. The van der Waals surface area contributed by atoms with Gasteiger partial charge in [0.25, 0.3) is 5.91 Å². The maximum Gasteiger partial charge on any atom is 0.251 e. The highest BCUT2D eigenvalue weighted by molar-refractivity contribution is 9.10. The number of aromatic nitrogens is 1. The lowest BCUT2D eigenvalue weighted by Gasteiger charge is -2.14. The van der Waals surface area contributed by atoms with Crippen molar-refractivity contribution < 1.29 is 4.79 Å². The largest absolute Gasteiger partial charge is 0.398 e. The van der Waals surface area contributed by atoms with Crippen LogP contribution in [-0.2, 0) is 0 Å². The van der Waals surface area contributed by atoms with Gasteiger partial charge in [0.1, 0.15) is 5.01 Å². The standard InChI is InChI=1S/C13H14BrN3OS/c1-2-11(13-16-5-6-19-13)17-12(18)8-3-4-9(14)10(15)7-8/h3-7,11H,2,15H2,1H3,(H,17,18). The average Bonchev–Trinajstić information content (AvgIpc) is 2.92. The van der Waals surface area contributed by atoms with E-state index in [1.165, 1.54) is 0 Å². The van der Waals surface area contributed by atoms with Gasteiger partial charge >= 0.3 is 0 Å². The molecule has 1 heterocycles. The Labute approximate surface area is 124 Å². The predicted octanol–water partition coefficient (Wildman–Crippen LogP) is 3.37. The molecule has 1 amide bonds. The molecule has 0 spiro atoms. The van der Waals surface area contributed by atoms with Crippen LogP contribution in [0.2, 0.25) is 0 Å².